The number of aromatic nitrogens is 2. The van der Waals surface area contributed by atoms with Gasteiger partial charge in [0.05, 0.1) is 23.4 Å². The molecule has 252 valence electrons. The Morgan fingerprint density at radius 3 is 2.16 bits per heavy atom. The average molecular weight is 663 g/mol. The van der Waals surface area contributed by atoms with Crippen molar-refractivity contribution in [3.8, 4) is 0 Å². The zero-order valence-corrected chi connectivity index (χ0v) is 27.4. The van der Waals surface area contributed by atoms with Gasteiger partial charge in [-0.2, -0.15) is 0 Å². The van der Waals surface area contributed by atoms with E-state index in [1.54, 1.807) is 11.0 Å². The van der Waals surface area contributed by atoms with Crippen molar-refractivity contribution < 1.29 is 28.7 Å². The maximum Gasteiger partial charge on any atom is 0.339 e. The SMILES string of the molecule is C=CC(=O)N1CCC[C@@H](N(C)c2cnc(C(N)=O)c(Nc3ccc(C(=O)OCc4ccccc4)c(C(=O)OCc4ccccc4)c3)n2)[C@H]1C. The molecule has 3 N–H and O–H groups in total. The molecule has 1 fully saturated rings. The molecule has 12 heteroatoms. The van der Waals surface area contributed by atoms with Crippen LogP contribution in [0.2, 0.25) is 0 Å². The van der Waals surface area contributed by atoms with Gasteiger partial charge in [0.25, 0.3) is 5.91 Å². The molecule has 0 aliphatic carbocycles. The zero-order valence-electron chi connectivity index (χ0n) is 27.4. The molecule has 1 aliphatic rings. The van der Waals surface area contributed by atoms with Crippen molar-refractivity contribution in [1.82, 2.24) is 14.9 Å². The number of nitrogens with two attached hydrogens (primary N) is 1. The Morgan fingerprint density at radius 1 is 0.959 bits per heavy atom. The van der Waals surface area contributed by atoms with E-state index < -0.39 is 17.8 Å². The summed E-state index contributed by atoms with van der Waals surface area (Å²) in [5.41, 5.74) is 7.35. The van der Waals surface area contributed by atoms with Crippen LogP contribution in [0.3, 0.4) is 0 Å². The van der Waals surface area contributed by atoms with E-state index in [1.807, 2.05) is 79.5 Å². The number of carbonyl (C=O) groups is 4. The standard InChI is InChI=1S/C37H38N6O6/c1-4-32(44)43-19-11-16-30(24(43)2)42(3)31-21-39-33(34(38)45)35(41-31)40-27-17-18-28(36(46)48-22-25-12-7-5-8-13-25)29(20-27)37(47)49-23-26-14-9-6-10-15-26/h4-10,12-15,17-18,20-21,24,30H,1,11,16,19,22-23H2,2-3H3,(H2,38,45)(H,40,41)/t24-,30-/m1/s1. The molecular formula is C37H38N6O6. The van der Waals surface area contributed by atoms with Gasteiger partial charge in [-0.15, -0.1) is 0 Å². The molecule has 3 aromatic carbocycles. The third-order valence-electron chi connectivity index (χ3n) is 8.40. The molecule has 0 radical (unpaired) electrons. The van der Waals surface area contributed by atoms with Gasteiger partial charge in [0, 0.05) is 25.3 Å². The molecule has 49 heavy (non-hydrogen) atoms. The summed E-state index contributed by atoms with van der Waals surface area (Å²) in [6.45, 7) is 6.21. The molecule has 1 saturated heterocycles. The minimum Gasteiger partial charge on any atom is -0.457 e. The van der Waals surface area contributed by atoms with Crippen LogP contribution >= 0.6 is 0 Å². The first kappa shape index (κ1) is 34.3. The minimum atomic E-state index is -0.818. The quantitative estimate of drug-likeness (QED) is 0.156. The van der Waals surface area contributed by atoms with Crippen molar-refractivity contribution in [3.63, 3.8) is 0 Å². The molecule has 2 atom stereocenters. The van der Waals surface area contributed by atoms with E-state index in [2.05, 4.69) is 21.9 Å². The number of benzene rings is 3. The van der Waals surface area contributed by atoms with Crippen LogP contribution in [-0.4, -0.2) is 64.3 Å². The monoisotopic (exact) mass is 662 g/mol. The summed E-state index contributed by atoms with van der Waals surface area (Å²) in [6.07, 6.45) is 4.35. The lowest BCUT2D eigenvalue weighted by molar-refractivity contribution is -0.129. The number of likely N-dealkylation sites (tertiary alicyclic amines) is 1. The van der Waals surface area contributed by atoms with Crippen LogP contribution in [0.4, 0.5) is 17.3 Å². The van der Waals surface area contributed by atoms with Gasteiger partial charge in [0.2, 0.25) is 5.91 Å². The Labute approximate surface area is 284 Å². The number of hydrogen-bond donors (Lipinski definition) is 2. The number of ether oxygens (including phenoxy) is 2. The molecule has 0 saturated carbocycles. The van der Waals surface area contributed by atoms with Crippen molar-refractivity contribution in [2.75, 3.05) is 23.8 Å². The highest BCUT2D eigenvalue weighted by Gasteiger charge is 2.33. The Morgan fingerprint density at radius 2 is 1.57 bits per heavy atom. The predicted molar refractivity (Wildman–Crippen MR) is 184 cm³/mol. The van der Waals surface area contributed by atoms with Crippen molar-refractivity contribution in [1.29, 1.82) is 0 Å². The first-order chi connectivity index (χ1) is 23.7. The fraction of sp³-hybridized carbons (Fsp3) is 0.243. The van der Waals surface area contributed by atoms with Gasteiger partial charge in [-0.1, -0.05) is 67.2 Å². The van der Waals surface area contributed by atoms with Crippen LogP contribution in [0.1, 0.15) is 62.1 Å². The molecule has 0 spiro atoms. The van der Waals surface area contributed by atoms with Crippen LogP contribution in [0.15, 0.2) is 97.7 Å². The molecule has 2 heterocycles. The number of primary amides is 1. The number of carbonyl (C=O) groups excluding carboxylic acids is 4. The van der Waals surface area contributed by atoms with Gasteiger partial charge in [0.15, 0.2) is 11.5 Å². The van der Waals surface area contributed by atoms with Crippen LogP contribution in [0.25, 0.3) is 0 Å². The highest BCUT2D eigenvalue weighted by molar-refractivity contribution is 6.04. The molecule has 1 aliphatic heterocycles. The lowest BCUT2D eigenvalue weighted by atomic mass is 9.96. The van der Waals surface area contributed by atoms with Crippen LogP contribution in [0, 0.1) is 0 Å². The topological polar surface area (TPSA) is 157 Å². The summed E-state index contributed by atoms with van der Waals surface area (Å²) in [4.78, 5) is 64.2. The highest BCUT2D eigenvalue weighted by Crippen LogP contribution is 2.28. The van der Waals surface area contributed by atoms with E-state index in [4.69, 9.17) is 15.2 Å². The van der Waals surface area contributed by atoms with Gasteiger partial charge in [-0.05, 0) is 55.2 Å². The van der Waals surface area contributed by atoms with Crippen LogP contribution < -0.4 is 16.0 Å². The third-order valence-corrected chi connectivity index (χ3v) is 8.40. The number of nitrogens with one attached hydrogen (secondary N) is 1. The second-order valence-electron chi connectivity index (χ2n) is 11.6. The summed E-state index contributed by atoms with van der Waals surface area (Å²) in [6, 6.07) is 22.5. The summed E-state index contributed by atoms with van der Waals surface area (Å²) >= 11 is 0. The van der Waals surface area contributed by atoms with E-state index in [1.165, 1.54) is 24.4 Å². The van der Waals surface area contributed by atoms with Crippen molar-refractivity contribution in [2.24, 2.45) is 5.73 Å². The van der Waals surface area contributed by atoms with Crippen LogP contribution in [-0.2, 0) is 27.5 Å². The fourth-order valence-corrected chi connectivity index (χ4v) is 5.76. The lowest BCUT2D eigenvalue weighted by Gasteiger charge is -2.43. The largest absolute Gasteiger partial charge is 0.457 e. The Bertz CT molecular complexity index is 1830. The lowest BCUT2D eigenvalue weighted by Crippen LogP contribution is -2.55. The van der Waals surface area contributed by atoms with E-state index in [-0.39, 0.29) is 53.8 Å². The van der Waals surface area contributed by atoms with Gasteiger partial charge in [-0.25, -0.2) is 19.6 Å². The number of piperidine rings is 1. The molecule has 0 bridgehead atoms. The average Bonchev–Trinajstić information content (AvgIpc) is 3.13. The van der Waals surface area contributed by atoms with Gasteiger partial charge >= 0.3 is 11.9 Å². The van der Waals surface area contributed by atoms with Crippen LogP contribution in [0.5, 0.6) is 0 Å². The normalized spacial score (nSPS) is 15.5. The Kier molecular flexibility index (Phi) is 11.0. The van der Waals surface area contributed by atoms with E-state index in [9.17, 15) is 19.2 Å². The Hall–Kier alpha value is -6.04. The Balaban J connectivity index is 1.43. The summed E-state index contributed by atoms with van der Waals surface area (Å²) in [7, 11) is 1.84. The molecular weight excluding hydrogens is 624 g/mol. The second kappa shape index (κ2) is 15.7. The molecule has 0 unspecified atom stereocenters. The number of anilines is 3. The summed E-state index contributed by atoms with van der Waals surface area (Å²) in [5.74, 6) is -1.95. The number of nitrogens with zero attached hydrogens (tertiary/aromatic N) is 4. The molecule has 5 rings (SSSR count). The number of esters is 2. The number of rotatable bonds is 12. The molecule has 4 aromatic rings. The van der Waals surface area contributed by atoms with Gasteiger partial charge in [-0.3, -0.25) is 9.59 Å². The third kappa shape index (κ3) is 8.28. The summed E-state index contributed by atoms with van der Waals surface area (Å²) < 4.78 is 11.1. The minimum absolute atomic E-state index is 0.000789. The zero-order chi connectivity index (χ0) is 34.9. The molecule has 12 nitrogen and oxygen atoms in total. The van der Waals surface area contributed by atoms with E-state index in [0.29, 0.717) is 18.1 Å². The van der Waals surface area contributed by atoms with Gasteiger partial charge in [0.1, 0.15) is 19.0 Å². The maximum atomic E-state index is 13.4. The smallest absolute Gasteiger partial charge is 0.339 e. The van der Waals surface area contributed by atoms with Crippen molar-refractivity contribution >= 4 is 41.1 Å². The number of amides is 2. The fourth-order valence-electron chi connectivity index (χ4n) is 5.76. The van der Waals surface area contributed by atoms with E-state index in [0.717, 1.165) is 24.0 Å². The number of hydrogen-bond acceptors (Lipinski definition) is 10. The summed E-state index contributed by atoms with van der Waals surface area (Å²) in [5, 5.41) is 3.05. The van der Waals surface area contributed by atoms with Crippen molar-refractivity contribution in [3.05, 3.63) is 126 Å². The van der Waals surface area contributed by atoms with Gasteiger partial charge < -0.3 is 30.3 Å². The van der Waals surface area contributed by atoms with Crippen molar-refractivity contribution in [2.45, 2.75) is 45.1 Å². The number of likely N-dealkylation sites (N-methyl/N-ethyl adjacent to an activating group) is 1. The highest BCUT2D eigenvalue weighted by atomic mass is 16.5. The molecule has 2 amide bonds. The first-order valence-corrected chi connectivity index (χ1v) is 15.8. The van der Waals surface area contributed by atoms with E-state index >= 15 is 0 Å². The first-order valence-electron chi connectivity index (χ1n) is 15.8. The maximum absolute atomic E-state index is 13.4. The molecule has 1 aromatic heterocycles. The second-order valence-corrected chi connectivity index (χ2v) is 11.6. The predicted octanol–water partition coefficient (Wildman–Crippen LogP) is 5.03.